The molecule has 9 nitrogen and oxygen atoms in total. The van der Waals surface area contributed by atoms with Crippen LogP contribution in [0.15, 0.2) is 41.3 Å². The summed E-state index contributed by atoms with van der Waals surface area (Å²) in [6.45, 7) is 0.420. The minimum absolute atomic E-state index is 0.171. The molecule has 2 aromatic heterocycles. The summed E-state index contributed by atoms with van der Waals surface area (Å²) in [6, 6.07) is 7.27. The van der Waals surface area contributed by atoms with Crippen LogP contribution in [0, 0.1) is 11.6 Å². The smallest absolute Gasteiger partial charge is 0.263 e. The fourth-order valence-electron chi connectivity index (χ4n) is 3.14. The third-order valence-corrected chi connectivity index (χ3v) is 6.57. The van der Waals surface area contributed by atoms with Gasteiger partial charge in [-0.05, 0) is 36.4 Å². The van der Waals surface area contributed by atoms with Gasteiger partial charge in [-0.1, -0.05) is 11.6 Å². The van der Waals surface area contributed by atoms with Gasteiger partial charge in [-0.3, -0.25) is 9.82 Å². The summed E-state index contributed by atoms with van der Waals surface area (Å²) in [5, 5.41) is 6.94. The second-order valence-corrected chi connectivity index (χ2v) is 9.01. The fraction of sp³-hybridized carbons (Fsp3) is 0.150. The van der Waals surface area contributed by atoms with Crippen LogP contribution in [-0.2, 0) is 21.2 Å². The van der Waals surface area contributed by atoms with E-state index in [1.165, 1.54) is 12.1 Å². The van der Waals surface area contributed by atoms with Gasteiger partial charge in [0, 0.05) is 24.8 Å². The molecule has 0 radical (unpaired) electrons. The Morgan fingerprint density at radius 2 is 1.85 bits per heavy atom. The number of benzene rings is 2. The molecular weight excluding hydrogens is 478 g/mol. The van der Waals surface area contributed by atoms with Crippen molar-refractivity contribution in [1.82, 2.24) is 20.2 Å². The molecule has 0 spiro atoms. The lowest BCUT2D eigenvalue weighted by molar-refractivity contribution is 0.202. The first kappa shape index (κ1) is 22.8. The predicted molar refractivity (Wildman–Crippen MR) is 119 cm³/mol. The molecular formula is C20H17ClF2N6O3S. The van der Waals surface area contributed by atoms with E-state index in [2.05, 4.69) is 24.9 Å². The number of anilines is 2. The molecule has 0 atom stereocenters. The second kappa shape index (κ2) is 8.89. The topological polar surface area (TPSA) is 136 Å². The minimum atomic E-state index is -4.27. The van der Waals surface area contributed by atoms with E-state index in [1.807, 2.05) is 0 Å². The summed E-state index contributed by atoms with van der Waals surface area (Å²) in [7, 11) is -2.69. The van der Waals surface area contributed by atoms with E-state index in [-0.39, 0.29) is 5.69 Å². The first-order chi connectivity index (χ1) is 15.7. The Balaban J connectivity index is 1.64. The van der Waals surface area contributed by atoms with Crippen molar-refractivity contribution in [2.75, 3.05) is 24.2 Å². The molecule has 4 N–H and O–H groups in total. The predicted octanol–water partition coefficient (Wildman–Crippen LogP) is 3.52. The van der Waals surface area contributed by atoms with Gasteiger partial charge in [0.2, 0.25) is 0 Å². The van der Waals surface area contributed by atoms with Gasteiger partial charge in [0.05, 0.1) is 22.7 Å². The zero-order chi connectivity index (χ0) is 23.8. The maximum absolute atomic E-state index is 13.5. The maximum Gasteiger partial charge on any atom is 0.263 e. The number of halogens is 3. The van der Waals surface area contributed by atoms with Crippen LogP contribution in [0.25, 0.3) is 22.4 Å². The van der Waals surface area contributed by atoms with Gasteiger partial charge in [0.25, 0.3) is 10.0 Å². The van der Waals surface area contributed by atoms with Gasteiger partial charge in [-0.15, -0.1) is 0 Å². The molecule has 0 saturated heterocycles. The molecule has 4 rings (SSSR count). The lowest BCUT2D eigenvalue weighted by atomic mass is 10.1. The molecule has 0 amide bonds. The van der Waals surface area contributed by atoms with Crippen molar-refractivity contribution < 1.29 is 21.9 Å². The average molecular weight is 495 g/mol. The standard InChI is InChI=1S/C20H17ClF2N6O3S/c1-32-7-6-15-17-18(24)27-28-20(17)26-19(25-15)10-2-4-11(5-3-10)29-33(30,31)16-9-14(23)13(22)8-12(16)21/h2-5,8-9,29H,6-7H2,1H3,(H3,24,25,26,27,28). The number of aromatic amines is 1. The summed E-state index contributed by atoms with van der Waals surface area (Å²) in [5.41, 5.74) is 7.74. The Hall–Kier alpha value is -3.35. The third kappa shape index (κ3) is 4.58. The number of ether oxygens (including phenoxy) is 1. The highest BCUT2D eigenvalue weighted by molar-refractivity contribution is 7.92. The quantitative estimate of drug-likeness (QED) is 0.334. The van der Waals surface area contributed by atoms with E-state index in [0.29, 0.717) is 59.1 Å². The van der Waals surface area contributed by atoms with Crippen molar-refractivity contribution in [3.05, 3.63) is 58.7 Å². The van der Waals surface area contributed by atoms with Crippen molar-refractivity contribution in [2.24, 2.45) is 0 Å². The van der Waals surface area contributed by atoms with E-state index in [9.17, 15) is 17.2 Å². The Morgan fingerprint density at radius 1 is 1.15 bits per heavy atom. The summed E-state index contributed by atoms with van der Waals surface area (Å²) in [5.74, 6) is -1.86. The number of rotatable bonds is 7. The van der Waals surface area contributed by atoms with Crippen LogP contribution in [-0.4, -0.2) is 42.3 Å². The number of nitrogens with zero attached hydrogens (tertiary/aromatic N) is 3. The molecule has 172 valence electrons. The van der Waals surface area contributed by atoms with Crippen molar-refractivity contribution in [3.63, 3.8) is 0 Å². The Kier molecular flexibility index (Phi) is 6.15. The number of fused-ring (bicyclic) bond motifs is 1. The van der Waals surface area contributed by atoms with Crippen LogP contribution >= 0.6 is 11.6 Å². The normalized spacial score (nSPS) is 11.8. The molecule has 0 aliphatic heterocycles. The van der Waals surface area contributed by atoms with Crippen LogP contribution < -0.4 is 10.5 Å². The van der Waals surface area contributed by atoms with E-state index < -0.39 is 31.6 Å². The summed E-state index contributed by atoms with van der Waals surface area (Å²) in [4.78, 5) is 8.38. The molecule has 0 unspecified atom stereocenters. The molecule has 13 heteroatoms. The zero-order valence-corrected chi connectivity index (χ0v) is 18.6. The Bertz CT molecular complexity index is 1440. The minimum Gasteiger partial charge on any atom is -0.384 e. The van der Waals surface area contributed by atoms with Gasteiger partial charge >= 0.3 is 0 Å². The first-order valence-electron chi connectivity index (χ1n) is 9.47. The van der Waals surface area contributed by atoms with Gasteiger partial charge < -0.3 is 10.5 Å². The summed E-state index contributed by atoms with van der Waals surface area (Å²) in [6.07, 6.45) is 0.485. The first-order valence-corrected chi connectivity index (χ1v) is 11.3. The van der Waals surface area contributed by atoms with Gasteiger partial charge in [-0.25, -0.2) is 27.2 Å². The molecule has 0 saturated carbocycles. The highest BCUT2D eigenvalue weighted by Crippen LogP contribution is 2.28. The molecule has 2 heterocycles. The van der Waals surface area contributed by atoms with E-state index in [4.69, 9.17) is 22.1 Å². The summed E-state index contributed by atoms with van der Waals surface area (Å²) < 4.78 is 59.4. The average Bonchev–Trinajstić information content (AvgIpc) is 3.15. The van der Waals surface area contributed by atoms with Crippen molar-refractivity contribution in [1.29, 1.82) is 0 Å². The maximum atomic E-state index is 13.5. The zero-order valence-electron chi connectivity index (χ0n) is 17.1. The van der Waals surface area contributed by atoms with Gasteiger partial charge in [0.15, 0.2) is 23.1 Å². The number of nitrogen functional groups attached to an aromatic ring is 1. The summed E-state index contributed by atoms with van der Waals surface area (Å²) >= 11 is 5.79. The molecule has 0 aliphatic rings. The number of H-pyrrole nitrogens is 1. The fourth-order valence-corrected chi connectivity index (χ4v) is 4.72. The lowest BCUT2D eigenvalue weighted by Gasteiger charge is -2.11. The number of hydrogen-bond donors (Lipinski definition) is 3. The van der Waals surface area contributed by atoms with E-state index in [1.54, 1.807) is 19.2 Å². The highest BCUT2D eigenvalue weighted by atomic mass is 35.5. The van der Waals surface area contributed by atoms with Crippen LogP contribution in [0.4, 0.5) is 20.3 Å². The van der Waals surface area contributed by atoms with Crippen LogP contribution in [0.2, 0.25) is 5.02 Å². The van der Waals surface area contributed by atoms with Crippen molar-refractivity contribution in [3.8, 4) is 11.4 Å². The monoisotopic (exact) mass is 494 g/mol. The van der Waals surface area contributed by atoms with Crippen LogP contribution in [0.3, 0.4) is 0 Å². The number of nitrogens with two attached hydrogens (primary N) is 1. The largest absolute Gasteiger partial charge is 0.384 e. The molecule has 2 aromatic carbocycles. The molecule has 0 fully saturated rings. The van der Waals surface area contributed by atoms with Gasteiger partial charge in [0.1, 0.15) is 10.7 Å². The van der Waals surface area contributed by atoms with Crippen molar-refractivity contribution >= 4 is 44.2 Å². The third-order valence-electron chi connectivity index (χ3n) is 4.72. The highest BCUT2D eigenvalue weighted by Gasteiger charge is 2.21. The number of nitrogens with one attached hydrogen (secondary N) is 2. The number of hydrogen-bond acceptors (Lipinski definition) is 7. The second-order valence-electron chi connectivity index (χ2n) is 6.95. The van der Waals surface area contributed by atoms with Crippen LogP contribution in [0.5, 0.6) is 0 Å². The molecule has 0 aliphatic carbocycles. The molecule has 4 aromatic rings. The number of sulfonamides is 1. The Labute approximate surface area is 192 Å². The van der Waals surface area contributed by atoms with E-state index in [0.717, 1.165) is 0 Å². The number of methoxy groups -OCH3 is 1. The van der Waals surface area contributed by atoms with E-state index >= 15 is 0 Å². The molecule has 33 heavy (non-hydrogen) atoms. The SMILES string of the molecule is COCCc1nc(-c2ccc(NS(=O)(=O)c3cc(F)c(F)cc3Cl)cc2)nc2n[nH]c(N)c12. The van der Waals surface area contributed by atoms with Crippen LogP contribution in [0.1, 0.15) is 5.69 Å². The van der Waals surface area contributed by atoms with Gasteiger partial charge in [-0.2, -0.15) is 5.10 Å². The van der Waals surface area contributed by atoms with Crippen molar-refractivity contribution in [2.45, 2.75) is 11.3 Å². The lowest BCUT2D eigenvalue weighted by Crippen LogP contribution is -2.14. The number of aromatic nitrogens is 4. The Morgan fingerprint density at radius 3 is 2.55 bits per heavy atom. The molecule has 0 bridgehead atoms.